The van der Waals surface area contributed by atoms with E-state index in [1.54, 1.807) is 0 Å². The number of rotatable bonds is 3. The van der Waals surface area contributed by atoms with Crippen LogP contribution in [0.5, 0.6) is 5.75 Å². The highest BCUT2D eigenvalue weighted by atomic mass is 35.5. The Kier molecular flexibility index (Phi) is 3.13. The molecule has 0 radical (unpaired) electrons. The molecule has 0 saturated heterocycles. The molecule has 4 heteroatoms. The Morgan fingerprint density at radius 3 is 2.74 bits per heavy atom. The monoisotopic (exact) mass is 272 g/mol. The first-order valence-corrected chi connectivity index (χ1v) is 6.40. The van der Waals surface area contributed by atoms with Gasteiger partial charge >= 0.3 is 0 Å². The molecule has 0 saturated carbocycles. The first-order chi connectivity index (χ1) is 9.24. The van der Waals surface area contributed by atoms with E-state index < -0.39 is 0 Å². The highest BCUT2D eigenvalue weighted by Crippen LogP contribution is 2.20. The third-order valence-electron chi connectivity index (χ3n) is 3.05. The molecule has 3 nitrogen and oxygen atoms in total. The molecular formula is C15H13ClN2O. The number of benzene rings is 2. The molecule has 19 heavy (non-hydrogen) atoms. The lowest BCUT2D eigenvalue weighted by Gasteiger charge is -2.05. The average molecular weight is 273 g/mol. The number of para-hydroxylation sites is 1. The van der Waals surface area contributed by atoms with E-state index in [0.29, 0.717) is 11.6 Å². The molecule has 0 spiro atoms. The molecule has 0 amide bonds. The number of hydrogen-bond donors (Lipinski definition) is 0. The number of ether oxygens (including phenoxy) is 1. The van der Waals surface area contributed by atoms with E-state index in [-0.39, 0.29) is 0 Å². The highest BCUT2D eigenvalue weighted by Gasteiger charge is 2.08. The fourth-order valence-electron chi connectivity index (χ4n) is 2.01. The van der Waals surface area contributed by atoms with Crippen LogP contribution in [-0.4, -0.2) is 9.55 Å². The van der Waals surface area contributed by atoms with Gasteiger partial charge < -0.3 is 9.30 Å². The molecule has 0 atom stereocenters. The van der Waals surface area contributed by atoms with Crippen molar-refractivity contribution in [1.82, 2.24) is 9.55 Å². The topological polar surface area (TPSA) is 27.1 Å². The normalized spacial score (nSPS) is 10.8. The van der Waals surface area contributed by atoms with Gasteiger partial charge in [-0.2, -0.15) is 0 Å². The number of aromatic nitrogens is 2. The van der Waals surface area contributed by atoms with Crippen LogP contribution in [0.1, 0.15) is 5.82 Å². The van der Waals surface area contributed by atoms with Gasteiger partial charge in [-0.15, -0.1) is 0 Å². The van der Waals surface area contributed by atoms with E-state index in [2.05, 4.69) is 4.98 Å². The molecule has 1 heterocycles. The fraction of sp³-hybridized carbons (Fsp3) is 0.133. The summed E-state index contributed by atoms with van der Waals surface area (Å²) in [7, 11) is 1.97. The predicted molar refractivity (Wildman–Crippen MR) is 76.5 cm³/mol. The number of imidazole rings is 1. The molecule has 0 fully saturated rings. The Morgan fingerprint density at radius 2 is 1.95 bits per heavy atom. The fourth-order valence-corrected chi connectivity index (χ4v) is 2.17. The minimum atomic E-state index is 0.437. The summed E-state index contributed by atoms with van der Waals surface area (Å²) >= 11 is 6.00. The van der Waals surface area contributed by atoms with Gasteiger partial charge in [-0.05, 0) is 30.3 Å². The van der Waals surface area contributed by atoms with Gasteiger partial charge in [0.2, 0.25) is 0 Å². The Morgan fingerprint density at radius 1 is 1.16 bits per heavy atom. The smallest absolute Gasteiger partial charge is 0.147 e. The van der Waals surface area contributed by atoms with Crippen LogP contribution in [0.4, 0.5) is 0 Å². The van der Waals surface area contributed by atoms with E-state index >= 15 is 0 Å². The third-order valence-corrected chi connectivity index (χ3v) is 3.28. The minimum Gasteiger partial charge on any atom is -0.486 e. The van der Waals surface area contributed by atoms with Crippen LogP contribution < -0.4 is 4.74 Å². The Labute approximate surface area is 116 Å². The standard InChI is InChI=1S/C15H13ClN2O/c1-18-14-9-11(16)7-8-13(14)17-15(18)10-19-12-5-3-2-4-6-12/h2-9H,10H2,1H3. The summed E-state index contributed by atoms with van der Waals surface area (Å²) in [5, 5.41) is 0.714. The zero-order valence-corrected chi connectivity index (χ0v) is 11.3. The summed E-state index contributed by atoms with van der Waals surface area (Å²) in [6, 6.07) is 15.4. The average Bonchev–Trinajstić information content (AvgIpc) is 2.74. The second kappa shape index (κ2) is 4.94. The van der Waals surface area contributed by atoms with Gasteiger partial charge in [0.1, 0.15) is 18.2 Å². The summed E-state index contributed by atoms with van der Waals surface area (Å²) in [4.78, 5) is 4.55. The van der Waals surface area contributed by atoms with Crippen LogP contribution in [0.3, 0.4) is 0 Å². The van der Waals surface area contributed by atoms with Gasteiger partial charge in [-0.1, -0.05) is 29.8 Å². The zero-order chi connectivity index (χ0) is 13.2. The largest absolute Gasteiger partial charge is 0.486 e. The van der Waals surface area contributed by atoms with Crippen molar-refractivity contribution in [3.63, 3.8) is 0 Å². The van der Waals surface area contributed by atoms with Crippen molar-refractivity contribution in [2.75, 3.05) is 0 Å². The van der Waals surface area contributed by atoms with Crippen molar-refractivity contribution < 1.29 is 4.74 Å². The van der Waals surface area contributed by atoms with Crippen LogP contribution >= 0.6 is 11.6 Å². The van der Waals surface area contributed by atoms with E-state index in [1.165, 1.54) is 0 Å². The first kappa shape index (κ1) is 12.1. The number of nitrogens with zero attached hydrogens (tertiary/aromatic N) is 2. The quantitative estimate of drug-likeness (QED) is 0.725. The van der Waals surface area contributed by atoms with Gasteiger partial charge in [0.05, 0.1) is 11.0 Å². The van der Waals surface area contributed by atoms with Gasteiger partial charge in [0.25, 0.3) is 0 Å². The summed E-state index contributed by atoms with van der Waals surface area (Å²) in [5.41, 5.74) is 1.94. The maximum atomic E-state index is 6.00. The summed E-state index contributed by atoms with van der Waals surface area (Å²) in [6.07, 6.45) is 0. The lowest BCUT2D eigenvalue weighted by Crippen LogP contribution is -2.03. The minimum absolute atomic E-state index is 0.437. The van der Waals surface area contributed by atoms with Crippen molar-refractivity contribution in [3.05, 3.63) is 59.4 Å². The molecule has 0 aliphatic carbocycles. The molecule has 0 aliphatic rings. The SMILES string of the molecule is Cn1c(COc2ccccc2)nc2ccc(Cl)cc21. The van der Waals surface area contributed by atoms with Crippen LogP contribution in [-0.2, 0) is 13.7 Å². The number of fused-ring (bicyclic) bond motifs is 1. The van der Waals surface area contributed by atoms with E-state index in [9.17, 15) is 0 Å². The molecule has 3 aromatic rings. The molecular weight excluding hydrogens is 260 g/mol. The van der Waals surface area contributed by atoms with Crippen molar-refractivity contribution in [2.24, 2.45) is 7.05 Å². The number of halogens is 1. The Bertz CT molecular complexity index is 707. The van der Waals surface area contributed by atoms with E-state index in [4.69, 9.17) is 16.3 Å². The van der Waals surface area contributed by atoms with Gasteiger partial charge in [0, 0.05) is 12.1 Å². The van der Waals surface area contributed by atoms with Crippen LogP contribution in [0.25, 0.3) is 11.0 Å². The number of aryl methyl sites for hydroxylation is 1. The molecule has 3 rings (SSSR count). The van der Waals surface area contributed by atoms with Crippen LogP contribution in [0.2, 0.25) is 5.02 Å². The van der Waals surface area contributed by atoms with Crippen molar-refractivity contribution >= 4 is 22.6 Å². The molecule has 0 bridgehead atoms. The Balaban J connectivity index is 1.87. The first-order valence-electron chi connectivity index (χ1n) is 6.03. The van der Waals surface area contributed by atoms with E-state index in [1.807, 2.05) is 60.1 Å². The summed E-state index contributed by atoms with van der Waals surface area (Å²) in [5.74, 6) is 1.72. The second-order valence-corrected chi connectivity index (χ2v) is 4.76. The lowest BCUT2D eigenvalue weighted by molar-refractivity contribution is 0.292. The van der Waals surface area contributed by atoms with Crippen LogP contribution in [0, 0.1) is 0 Å². The molecule has 1 aromatic heterocycles. The zero-order valence-electron chi connectivity index (χ0n) is 10.5. The second-order valence-electron chi connectivity index (χ2n) is 4.32. The third kappa shape index (κ3) is 2.42. The summed E-state index contributed by atoms with van der Waals surface area (Å²) in [6.45, 7) is 0.437. The van der Waals surface area contributed by atoms with Gasteiger partial charge in [-0.3, -0.25) is 0 Å². The molecule has 0 N–H and O–H groups in total. The van der Waals surface area contributed by atoms with Crippen molar-refractivity contribution in [1.29, 1.82) is 0 Å². The number of hydrogen-bond acceptors (Lipinski definition) is 2. The molecule has 0 unspecified atom stereocenters. The van der Waals surface area contributed by atoms with Gasteiger partial charge in [0.15, 0.2) is 0 Å². The summed E-state index contributed by atoms with van der Waals surface area (Å²) < 4.78 is 7.72. The predicted octanol–water partition coefficient (Wildman–Crippen LogP) is 3.81. The van der Waals surface area contributed by atoms with E-state index in [0.717, 1.165) is 22.6 Å². The van der Waals surface area contributed by atoms with Gasteiger partial charge in [-0.25, -0.2) is 4.98 Å². The molecule has 0 aliphatic heterocycles. The molecule has 96 valence electrons. The lowest BCUT2D eigenvalue weighted by atomic mass is 10.3. The van der Waals surface area contributed by atoms with Crippen LogP contribution in [0.15, 0.2) is 48.5 Å². The maximum absolute atomic E-state index is 6.00. The van der Waals surface area contributed by atoms with Crippen molar-refractivity contribution in [3.8, 4) is 5.75 Å². The molecule has 2 aromatic carbocycles. The highest BCUT2D eigenvalue weighted by molar-refractivity contribution is 6.31. The Hall–Kier alpha value is -2.00. The maximum Gasteiger partial charge on any atom is 0.147 e. The van der Waals surface area contributed by atoms with Crippen molar-refractivity contribution in [2.45, 2.75) is 6.61 Å².